The van der Waals surface area contributed by atoms with Crippen LogP contribution in [0.2, 0.25) is 0 Å². The van der Waals surface area contributed by atoms with Crippen LogP contribution >= 0.6 is 0 Å². The molecule has 1 fully saturated rings. The van der Waals surface area contributed by atoms with Gasteiger partial charge >= 0.3 is 0 Å². The van der Waals surface area contributed by atoms with Crippen molar-refractivity contribution in [3.63, 3.8) is 0 Å². The second-order valence-corrected chi connectivity index (χ2v) is 8.16. The first-order valence-corrected chi connectivity index (χ1v) is 10.4. The van der Waals surface area contributed by atoms with Crippen LogP contribution in [0.3, 0.4) is 0 Å². The number of ether oxygens (including phenoxy) is 1. The number of methoxy groups -OCH3 is 1. The topological polar surface area (TPSA) is 87.9 Å². The van der Waals surface area contributed by atoms with Crippen LogP contribution in [0.15, 0.2) is 42.5 Å². The van der Waals surface area contributed by atoms with Gasteiger partial charge in [0.25, 0.3) is 11.6 Å². The van der Waals surface area contributed by atoms with Gasteiger partial charge in [-0.1, -0.05) is 12.1 Å². The van der Waals surface area contributed by atoms with Crippen molar-refractivity contribution in [3.05, 3.63) is 63.7 Å². The Morgan fingerprint density at radius 1 is 1.26 bits per heavy atom. The van der Waals surface area contributed by atoms with E-state index in [4.69, 9.17) is 4.74 Å². The molecule has 2 aromatic rings. The average Bonchev–Trinajstić information content (AvgIpc) is 2.77. The summed E-state index contributed by atoms with van der Waals surface area (Å²) in [7, 11) is 7.38. The lowest BCUT2D eigenvalue weighted by Gasteiger charge is -2.39. The molecule has 2 aromatic carbocycles. The summed E-state index contributed by atoms with van der Waals surface area (Å²) < 4.78 is 5.27. The van der Waals surface area contributed by atoms with Gasteiger partial charge in [0.1, 0.15) is 5.75 Å². The molecule has 1 aliphatic heterocycles. The minimum absolute atomic E-state index is 0.0933. The lowest BCUT2D eigenvalue weighted by atomic mass is 9.84. The molecular weight excluding hydrogens is 396 g/mol. The summed E-state index contributed by atoms with van der Waals surface area (Å²) in [5, 5.41) is 14.2. The number of likely N-dealkylation sites (tertiary alicyclic amines) is 1. The smallest absolute Gasteiger partial charge is 0.270 e. The first-order chi connectivity index (χ1) is 14.8. The normalized spacial score (nSPS) is 19.0. The van der Waals surface area contributed by atoms with Crippen molar-refractivity contribution in [1.82, 2.24) is 10.2 Å². The van der Waals surface area contributed by atoms with Gasteiger partial charge in [0.15, 0.2) is 0 Å². The van der Waals surface area contributed by atoms with Gasteiger partial charge in [-0.3, -0.25) is 19.8 Å². The first kappa shape index (κ1) is 22.6. The molecule has 0 bridgehead atoms. The van der Waals surface area contributed by atoms with E-state index in [-0.39, 0.29) is 23.6 Å². The van der Waals surface area contributed by atoms with Crippen LogP contribution in [0.1, 0.15) is 34.8 Å². The average molecular weight is 427 g/mol. The molecule has 166 valence electrons. The predicted octanol–water partition coefficient (Wildman–Crippen LogP) is 3.48. The summed E-state index contributed by atoms with van der Waals surface area (Å²) in [5.41, 5.74) is 2.05. The summed E-state index contributed by atoms with van der Waals surface area (Å²) in [6.45, 7) is 1.49. The third-order valence-corrected chi connectivity index (χ3v) is 5.91. The number of nitrogens with zero attached hydrogens (tertiary/aromatic N) is 3. The molecule has 3 rings (SSSR count). The predicted molar refractivity (Wildman–Crippen MR) is 121 cm³/mol. The first-order valence-electron chi connectivity index (χ1n) is 10.4. The third-order valence-electron chi connectivity index (χ3n) is 5.91. The van der Waals surface area contributed by atoms with Crippen molar-refractivity contribution in [1.29, 1.82) is 0 Å². The molecule has 0 aliphatic carbocycles. The molecule has 1 heterocycles. The van der Waals surface area contributed by atoms with Crippen LogP contribution in [-0.4, -0.2) is 57.1 Å². The van der Waals surface area contributed by atoms with Crippen molar-refractivity contribution < 1.29 is 14.5 Å². The van der Waals surface area contributed by atoms with E-state index in [0.717, 1.165) is 25.1 Å². The molecule has 0 aromatic heterocycles. The second-order valence-electron chi connectivity index (χ2n) is 8.16. The van der Waals surface area contributed by atoms with Crippen LogP contribution in [0.5, 0.6) is 5.75 Å². The van der Waals surface area contributed by atoms with E-state index in [1.807, 2.05) is 26.2 Å². The summed E-state index contributed by atoms with van der Waals surface area (Å²) in [5.74, 6) is 0.751. The number of hydrogen-bond acceptors (Lipinski definition) is 6. The Bertz CT molecular complexity index is 930. The van der Waals surface area contributed by atoms with Crippen molar-refractivity contribution in [2.24, 2.45) is 5.92 Å². The highest BCUT2D eigenvalue weighted by Gasteiger charge is 2.31. The Morgan fingerprint density at radius 2 is 1.97 bits per heavy atom. The maximum absolute atomic E-state index is 13.0. The molecule has 1 saturated heterocycles. The van der Waals surface area contributed by atoms with Gasteiger partial charge in [-0.25, -0.2) is 0 Å². The van der Waals surface area contributed by atoms with E-state index in [9.17, 15) is 14.9 Å². The lowest BCUT2D eigenvalue weighted by molar-refractivity contribution is -0.384. The van der Waals surface area contributed by atoms with Crippen LogP contribution in [0.4, 0.5) is 11.4 Å². The van der Waals surface area contributed by atoms with Gasteiger partial charge in [0.2, 0.25) is 0 Å². The molecule has 1 N–H and O–H groups in total. The molecule has 0 saturated carbocycles. The Labute approximate surface area is 182 Å². The number of benzene rings is 2. The van der Waals surface area contributed by atoms with E-state index in [1.54, 1.807) is 18.1 Å². The summed E-state index contributed by atoms with van der Waals surface area (Å²) in [6.07, 6.45) is 2.06. The molecule has 8 nitrogen and oxygen atoms in total. The number of anilines is 1. The van der Waals surface area contributed by atoms with E-state index in [1.165, 1.54) is 17.7 Å². The zero-order valence-corrected chi connectivity index (χ0v) is 18.5. The third kappa shape index (κ3) is 5.14. The lowest BCUT2D eigenvalue weighted by Crippen LogP contribution is -2.42. The minimum Gasteiger partial charge on any atom is -0.497 e. The minimum atomic E-state index is -0.480. The van der Waals surface area contributed by atoms with Crippen molar-refractivity contribution >= 4 is 17.3 Å². The summed E-state index contributed by atoms with van der Waals surface area (Å²) in [4.78, 5) is 27.8. The molecule has 2 atom stereocenters. The number of non-ortho nitro benzene ring substituents is 1. The molecule has 0 spiro atoms. The largest absolute Gasteiger partial charge is 0.497 e. The quantitative estimate of drug-likeness (QED) is 0.539. The van der Waals surface area contributed by atoms with Gasteiger partial charge in [-0.05, 0) is 56.1 Å². The van der Waals surface area contributed by atoms with Gasteiger partial charge in [0.05, 0.1) is 17.6 Å². The molecular formula is C23H30N4O4. The number of rotatable bonds is 7. The Hall–Kier alpha value is -3.13. The molecule has 1 amide bonds. The number of nitro groups is 1. The van der Waals surface area contributed by atoms with Gasteiger partial charge in [-0.2, -0.15) is 0 Å². The van der Waals surface area contributed by atoms with Gasteiger partial charge in [0, 0.05) is 44.5 Å². The number of carbonyl (C=O) groups excluding carboxylic acids is 1. The molecule has 2 unspecified atom stereocenters. The number of amides is 1. The summed E-state index contributed by atoms with van der Waals surface area (Å²) in [6, 6.07) is 12.6. The monoisotopic (exact) mass is 426 g/mol. The number of carbonyl (C=O) groups is 1. The van der Waals surface area contributed by atoms with Crippen LogP contribution < -0.4 is 15.0 Å². The van der Waals surface area contributed by atoms with Crippen molar-refractivity contribution in [3.8, 4) is 5.75 Å². The van der Waals surface area contributed by atoms with Crippen molar-refractivity contribution in [2.45, 2.75) is 18.9 Å². The Kier molecular flexibility index (Phi) is 7.12. The molecule has 0 radical (unpaired) electrons. The number of hydrogen-bond donors (Lipinski definition) is 1. The Morgan fingerprint density at radius 3 is 2.58 bits per heavy atom. The second kappa shape index (κ2) is 9.78. The zero-order valence-electron chi connectivity index (χ0n) is 18.5. The SMILES string of the molecule is COc1ccc(C2C(CNC(=O)c3cc([N+](=O)[O-])ccc3N(C)C)CCCN2C)cc1. The number of nitro benzene ring substituents is 1. The summed E-state index contributed by atoms with van der Waals surface area (Å²) >= 11 is 0. The molecule has 31 heavy (non-hydrogen) atoms. The highest BCUT2D eigenvalue weighted by atomic mass is 16.6. The highest BCUT2D eigenvalue weighted by Crippen LogP contribution is 2.35. The van der Waals surface area contributed by atoms with Crippen molar-refractivity contribution in [2.75, 3.05) is 46.2 Å². The Balaban J connectivity index is 1.79. The maximum atomic E-state index is 13.0. The fraction of sp³-hybridized carbons (Fsp3) is 0.435. The maximum Gasteiger partial charge on any atom is 0.270 e. The van der Waals surface area contributed by atoms with Crippen LogP contribution in [0.25, 0.3) is 0 Å². The fourth-order valence-corrected chi connectivity index (χ4v) is 4.33. The molecule has 1 aliphatic rings. The van der Waals surface area contributed by atoms with E-state index >= 15 is 0 Å². The zero-order chi connectivity index (χ0) is 22.5. The molecule has 8 heteroatoms. The van der Waals surface area contributed by atoms with Crippen LogP contribution in [0, 0.1) is 16.0 Å². The van der Waals surface area contributed by atoms with Crippen LogP contribution in [-0.2, 0) is 0 Å². The number of nitrogens with one attached hydrogen (secondary N) is 1. The van der Waals surface area contributed by atoms with E-state index in [0.29, 0.717) is 17.8 Å². The van der Waals surface area contributed by atoms with E-state index in [2.05, 4.69) is 29.4 Å². The standard InChI is InChI=1S/C23H30N4O4/c1-25(2)21-12-9-18(27(29)30)14-20(21)23(28)24-15-17-6-5-13-26(3)22(17)16-7-10-19(31-4)11-8-16/h7-12,14,17,22H,5-6,13,15H2,1-4H3,(H,24,28). The van der Waals surface area contributed by atoms with Gasteiger partial charge in [-0.15, -0.1) is 0 Å². The van der Waals surface area contributed by atoms with Gasteiger partial charge < -0.3 is 15.0 Å². The fourth-order valence-electron chi connectivity index (χ4n) is 4.33. The number of piperidine rings is 1. The highest BCUT2D eigenvalue weighted by molar-refractivity contribution is 6.00. The van der Waals surface area contributed by atoms with E-state index < -0.39 is 4.92 Å².